The predicted octanol–water partition coefficient (Wildman–Crippen LogP) is 2.98. The summed E-state index contributed by atoms with van der Waals surface area (Å²) in [4.78, 5) is 8.88. The largest absolute Gasteiger partial charge is 0.373 e. The van der Waals surface area contributed by atoms with Crippen LogP contribution in [0, 0.1) is 0 Å². The van der Waals surface area contributed by atoms with Crippen LogP contribution in [0.2, 0.25) is 0 Å². The molecule has 1 fully saturated rings. The van der Waals surface area contributed by atoms with Crippen LogP contribution in [0.4, 0.5) is 11.6 Å². The summed E-state index contributed by atoms with van der Waals surface area (Å²) in [6.07, 6.45) is 7.06. The second-order valence-corrected chi connectivity index (χ2v) is 5.54. The van der Waals surface area contributed by atoms with Crippen LogP contribution < -0.4 is 10.6 Å². The van der Waals surface area contributed by atoms with Crippen molar-refractivity contribution in [3.05, 3.63) is 6.07 Å². The fraction of sp³-hybridized carbons (Fsp3) is 0.667. The van der Waals surface area contributed by atoms with Gasteiger partial charge in [-0.1, -0.05) is 24.6 Å². The number of thioether (sulfide) groups is 1. The third-order valence-corrected chi connectivity index (χ3v) is 3.83. The van der Waals surface area contributed by atoms with Gasteiger partial charge < -0.3 is 10.6 Å². The van der Waals surface area contributed by atoms with Crippen LogP contribution in [0.5, 0.6) is 0 Å². The molecule has 1 saturated carbocycles. The topological polar surface area (TPSA) is 49.8 Å². The number of hydrogen-bond donors (Lipinski definition) is 2. The summed E-state index contributed by atoms with van der Waals surface area (Å²) < 4.78 is 0. The highest BCUT2D eigenvalue weighted by Gasteiger charge is 2.28. The lowest BCUT2D eigenvalue weighted by Gasteiger charge is -2.26. The maximum Gasteiger partial charge on any atom is 0.191 e. The van der Waals surface area contributed by atoms with Crippen LogP contribution in [0.25, 0.3) is 0 Å². The molecule has 2 N–H and O–H groups in total. The summed E-state index contributed by atoms with van der Waals surface area (Å²) in [7, 11) is 1.88. The minimum absolute atomic E-state index is 0.203. The second-order valence-electron chi connectivity index (χ2n) is 4.77. The summed E-state index contributed by atoms with van der Waals surface area (Å²) >= 11 is 1.57. The molecule has 1 aromatic heterocycles. The van der Waals surface area contributed by atoms with E-state index in [0.29, 0.717) is 0 Å². The van der Waals surface area contributed by atoms with Crippen molar-refractivity contribution < 1.29 is 0 Å². The van der Waals surface area contributed by atoms with Crippen LogP contribution >= 0.6 is 11.8 Å². The average Bonchev–Trinajstić information content (AvgIpc) is 2.75. The van der Waals surface area contributed by atoms with Crippen molar-refractivity contribution in [2.75, 3.05) is 23.9 Å². The Morgan fingerprint density at radius 1 is 1.24 bits per heavy atom. The minimum atomic E-state index is 0.203. The van der Waals surface area contributed by atoms with E-state index in [1.165, 1.54) is 25.7 Å². The van der Waals surface area contributed by atoms with Crippen LogP contribution in [-0.4, -0.2) is 28.8 Å². The summed E-state index contributed by atoms with van der Waals surface area (Å²) in [6.45, 7) is 2.28. The Balaban J connectivity index is 2.19. The Kier molecular flexibility index (Phi) is 3.76. The molecule has 0 amide bonds. The second kappa shape index (κ2) is 5.12. The van der Waals surface area contributed by atoms with Crippen molar-refractivity contribution >= 4 is 23.4 Å². The molecule has 1 aromatic rings. The molecule has 0 atom stereocenters. The Hall–Kier alpha value is -0.970. The number of anilines is 2. The van der Waals surface area contributed by atoms with Crippen LogP contribution in [0.3, 0.4) is 0 Å². The molecule has 0 unspecified atom stereocenters. The third kappa shape index (κ3) is 3.03. The van der Waals surface area contributed by atoms with Crippen LogP contribution in [-0.2, 0) is 0 Å². The zero-order valence-electron chi connectivity index (χ0n) is 10.7. The SMILES string of the molecule is CNc1cc(NC2(C)CCCC2)nc(SC)n1. The zero-order valence-corrected chi connectivity index (χ0v) is 11.5. The van der Waals surface area contributed by atoms with Gasteiger partial charge in [0.15, 0.2) is 5.16 Å². The van der Waals surface area contributed by atoms with E-state index in [1.54, 1.807) is 11.8 Å². The van der Waals surface area contributed by atoms with Gasteiger partial charge in [-0.05, 0) is 26.0 Å². The predicted molar refractivity (Wildman–Crippen MR) is 73.9 cm³/mol. The van der Waals surface area contributed by atoms with Crippen molar-refractivity contribution in [2.24, 2.45) is 0 Å². The lowest BCUT2D eigenvalue weighted by Crippen LogP contribution is -2.31. The van der Waals surface area contributed by atoms with Gasteiger partial charge in [-0.2, -0.15) is 0 Å². The Morgan fingerprint density at radius 3 is 2.47 bits per heavy atom. The maximum absolute atomic E-state index is 4.51. The standard InChI is InChI=1S/C12H20N4S/c1-12(6-4-5-7-12)16-10-8-9(13-2)14-11(15-10)17-3/h8H,4-7H2,1-3H3,(H2,13,14,15,16). The number of nitrogens with one attached hydrogen (secondary N) is 2. The first-order valence-corrected chi connectivity index (χ1v) is 7.27. The van der Waals surface area contributed by atoms with Gasteiger partial charge in [0.1, 0.15) is 11.6 Å². The van der Waals surface area contributed by atoms with Gasteiger partial charge in [0.2, 0.25) is 0 Å². The van der Waals surface area contributed by atoms with Gasteiger partial charge in [-0.25, -0.2) is 9.97 Å². The lowest BCUT2D eigenvalue weighted by atomic mass is 10.0. The molecule has 0 aliphatic heterocycles. The van der Waals surface area contributed by atoms with Crippen LogP contribution in [0.15, 0.2) is 11.2 Å². The maximum atomic E-state index is 4.51. The fourth-order valence-electron chi connectivity index (χ4n) is 2.30. The van der Waals surface area contributed by atoms with E-state index < -0.39 is 0 Å². The van der Waals surface area contributed by atoms with Gasteiger partial charge in [0.25, 0.3) is 0 Å². The van der Waals surface area contributed by atoms with Crippen molar-refractivity contribution in [3.63, 3.8) is 0 Å². The molecule has 5 heteroatoms. The highest BCUT2D eigenvalue weighted by atomic mass is 32.2. The quantitative estimate of drug-likeness (QED) is 0.637. The molecule has 0 saturated heterocycles. The normalized spacial score (nSPS) is 18.1. The van der Waals surface area contributed by atoms with Crippen molar-refractivity contribution in [2.45, 2.75) is 43.3 Å². The van der Waals surface area contributed by atoms with Gasteiger partial charge in [-0.3, -0.25) is 0 Å². The van der Waals surface area contributed by atoms with Gasteiger partial charge in [-0.15, -0.1) is 0 Å². The fourth-order valence-corrected chi connectivity index (χ4v) is 2.68. The van der Waals surface area contributed by atoms with E-state index in [1.807, 2.05) is 19.4 Å². The molecule has 1 heterocycles. The molecule has 2 rings (SSSR count). The monoisotopic (exact) mass is 252 g/mol. The molecule has 1 aliphatic rings. The number of hydrogen-bond acceptors (Lipinski definition) is 5. The third-order valence-electron chi connectivity index (χ3n) is 3.28. The molecule has 0 spiro atoms. The Labute approximate surface area is 107 Å². The molecule has 94 valence electrons. The highest BCUT2D eigenvalue weighted by molar-refractivity contribution is 7.98. The van der Waals surface area contributed by atoms with E-state index in [0.717, 1.165) is 16.8 Å². The first-order chi connectivity index (χ1) is 8.15. The first kappa shape index (κ1) is 12.5. The summed E-state index contributed by atoms with van der Waals surface area (Å²) in [5.74, 6) is 1.80. The van der Waals surface area contributed by atoms with Gasteiger partial charge in [0.05, 0.1) is 0 Å². The smallest absolute Gasteiger partial charge is 0.191 e. The number of nitrogens with zero attached hydrogens (tertiary/aromatic N) is 2. The lowest BCUT2D eigenvalue weighted by molar-refractivity contribution is 0.530. The Bertz CT molecular complexity index is 366. The zero-order chi connectivity index (χ0) is 12.3. The summed E-state index contributed by atoms with van der Waals surface area (Å²) in [5, 5.41) is 7.44. The van der Waals surface area contributed by atoms with Crippen molar-refractivity contribution in [1.29, 1.82) is 0 Å². The molecular weight excluding hydrogens is 232 g/mol. The van der Waals surface area contributed by atoms with E-state index in [-0.39, 0.29) is 5.54 Å². The van der Waals surface area contributed by atoms with E-state index in [4.69, 9.17) is 0 Å². The molecule has 0 radical (unpaired) electrons. The first-order valence-electron chi connectivity index (χ1n) is 6.04. The van der Waals surface area contributed by atoms with E-state index in [9.17, 15) is 0 Å². The molecule has 0 bridgehead atoms. The number of rotatable bonds is 4. The van der Waals surface area contributed by atoms with Crippen LogP contribution in [0.1, 0.15) is 32.6 Å². The summed E-state index contributed by atoms with van der Waals surface area (Å²) in [6, 6.07) is 1.98. The van der Waals surface area contributed by atoms with Gasteiger partial charge in [0, 0.05) is 18.7 Å². The number of aromatic nitrogens is 2. The van der Waals surface area contributed by atoms with Gasteiger partial charge >= 0.3 is 0 Å². The van der Waals surface area contributed by atoms with Crippen molar-refractivity contribution in [1.82, 2.24) is 9.97 Å². The van der Waals surface area contributed by atoms with E-state index >= 15 is 0 Å². The minimum Gasteiger partial charge on any atom is -0.373 e. The van der Waals surface area contributed by atoms with E-state index in [2.05, 4.69) is 27.5 Å². The molecule has 17 heavy (non-hydrogen) atoms. The summed E-state index contributed by atoms with van der Waals surface area (Å²) in [5.41, 5.74) is 0.203. The van der Waals surface area contributed by atoms with Crippen molar-refractivity contribution in [3.8, 4) is 0 Å². The average molecular weight is 252 g/mol. The molecule has 1 aliphatic carbocycles. The molecule has 4 nitrogen and oxygen atoms in total. The molecular formula is C12H20N4S. The highest BCUT2D eigenvalue weighted by Crippen LogP contribution is 2.32. The molecule has 0 aromatic carbocycles. The Morgan fingerprint density at radius 2 is 1.88 bits per heavy atom.